The van der Waals surface area contributed by atoms with Gasteiger partial charge in [-0.25, -0.2) is 9.37 Å². The Kier molecular flexibility index (Phi) is 2.67. The molecule has 1 N–H and O–H groups in total. The summed E-state index contributed by atoms with van der Waals surface area (Å²) in [5.74, 6) is -0.184. The maximum Gasteiger partial charge on any atom is 0.132 e. The first-order valence-corrected chi connectivity index (χ1v) is 6.01. The number of benzene rings is 2. The van der Waals surface area contributed by atoms with Crippen molar-refractivity contribution in [2.75, 3.05) is 0 Å². The monoisotopic (exact) mass is 253 g/mol. The fraction of sp³-hybridized carbons (Fsp3) is 0.0625. The average molecular weight is 253 g/mol. The molecule has 0 radical (unpaired) electrons. The first kappa shape index (κ1) is 11.7. The summed E-state index contributed by atoms with van der Waals surface area (Å²) < 4.78 is 13.9. The van der Waals surface area contributed by atoms with E-state index in [4.69, 9.17) is 0 Å². The van der Waals surface area contributed by atoms with Crippen molar-refractivity contribution in [2.24, 2.45) is 0 Å². The van der Waals surface area contributed by atoms with Crippen molar-refractivity contribution in [2.45, 2.75) is 6.92 Å². The van der Waals surface area contributed by atoms with Gasteiger partial charge in [-0.3, -0.25) is 0 Å². The highest BCUT2D eigenvalue weighted by atomic mass is 19.1. The lowest BCUT2D eigenvalue weighted by atomic mass is 10.0. The fourth-order valence-electron chi connectivity index (χ4n) is 2.21. The van der Waals surface area contributed by atoms with Gasteiger partial charge in [0.2, 0.25) is 0 Å². The highest BCUT2D eigenvalue weighted by Gasteiger charge is 2.14. The number of para-hydroxylation sites is 1. The quantitative estimate of drug-likeness (QED) is 0.709. The summed E-state index contributed by atoms with van der Waals surface area (Å²) in [6.07, 6.45) is 0. The van der Waals surface area contributed by atoms with Crippen LogP contribution in [-0.2, 0) is 0 Å². The van der Waals surface area contributed by atoms with Crippen LogP contribution in [0.1, 0.15) is 5.56 Å². The highest BCUT2D eigenvalue weighted by Crippen LogP contribution is 2.34. The lowest BCUT2D eigenvalue weighted by Crippen LogP contribution is -1.93. The van der Waals surface area contributed by atoms with Crippen molar-refractivity contribution in [1.29, 1.82) is 0 Å². The summed E-state index contributed by atoms with van der Waals surface area (Å²) in [6, 6.07) is 13.7. The smallest absolute Gasteiger partial charge is 0.132 e. The standard InChI is InChI=1S/C16H12FNO/c1-10-15(11-6-2-4-8-13(11)17)18-14-9-5-3-7-12(14)16(10)19/h2-9H,1H3,(H,18,19). The Bertz CT molecular complexity index is 768. The molecule has 3 aromatic rings. The molecule has 19 heavy (non-hydrogen) atoms. The van der Waals surface area contributed by atoms with Gasteiger partial charge in [0.15, 0.2) is 0 Å². The van der Waals surface area contributed by atoms with E-state index in [9.17, 15) is 9.50 Å². The van der Waals surface area contributed by atoms with Crippen LogP contribution in [0.25, 0.3) is 22.2 Å². The van der Waals surface area contributed by atoms with Gasteiger partial charge in [0, 0.05) is 16.5 Å². The number of pyridine rings is 1. The molecule has 3 heteroatoms. The zero-order valence-electron chi connectivity index (χ0n) is 10.4. The number of hydrogen-bond donors (Lipinski definition) is 1. The summed E-state index contributed by atoms with van der Waals surface area (Å²) in [5.41, 5.74) is 2.13. The summed E-state index contributed by atoms with van der Waals surface area (Å²) in [5, 5.41) is 10.9. The number of fused-ring (bicyclic) bond motifs is 1. The number of rotatable bonds is 1. The predicted octanol–water partition coefficient (Wildman–Crippen LogP) is 4.05. The predicted molar refractivity (Wildman–Crippen MR) is 73.5 cm³/mol. The van der Waals surface area contributed by atoms with Crippen LogP contribution >= 0.6 is 0 Å². The molecule has 0 aliphatic rings. The van der Waals surface area contributed by atoms with E-state index in [1.54, 1.807) is 37.3 Å². The molecule has 1 aromatic heterocycles. The van der Waals surface area contributed by atoms with Crippen molar-refractivity contribution in [3.63, 3.8) is 0 Å². The molecule has 0 aliphatic carbocycles. The van der Waals surface area contributed by atoms with E-state index in [-0.39, 0.29) is 11.6 Å². The minimum atomic E-state index is -0.340. The van der Waals surface area contributed by atoms with Gasteiger partial charge >= 0.3 is 0 Å². The number of nitrogens with zero attached hydrogens (tertiary/aromatic N) is 1. The van der Waals surface area contributed by atoms with Crippen LogP contribution in [-0.4, -0.2) is 10.1 Å². The maximum absolute atomic E-state index is 13.9. The minimum absolute atomic E-state index is 0.156. The average Bonchev–Trinajstić information content (AvgIpc) is 2.44. The second-order valence-corrected chi connectivity index (χ2v) is 4.43. The molecule has 2 nitrogen and oxygen atoms in total. The summed E-state index contributed by atoms with van der Waals surface area (Å²) in [4.78, 5) is 4.47. The van der Waals surface area contributed by atoms with Gasteiger partial charge in [-0.05, 0) is 31.2 Å². The van der Waals surface area contributed by atoms with Crippen LogP contribution in [0, 0.1) is 12.7 Å². The van der Waals surface area contributed by atoms with E-state index in [1.807, 2.05) is 12.1 Å². The van der Waals surface area contributed by atoms with Gasteiger partial charge in [-0.15, -0.1) is 0 Å². The van der Waals surface area contributed by atoms with E-state index in [0.717, 1.165) is 0 Å². The van der Waals surface area contributed by atoms with Crippen LogP contribution in [0.15, 0.2) is 48.5 Å². The maximum atomic E-state index is 13.9. The molecule has 0 bridgehead atoms. The second-order valence-electron chi connectivity index (χ2n) is 4.43. The molecule has 2 aromatic carbocycles. The number of halogens is 1. The molecule has 0 aliphatic heterocycles. The topological polar surface area (TPSA) is 33.1 Å². The Balaban J connectivity index is 2.37. The molecule has 0 saturated heterocycles. The summed E-state index contributed by atoms with van der Waals surface area (Å²) in [6.45, 7) is 1.75. The van der Waals surface area contributed by atoms with E-state index in [1.165, 1.54) is 6.07 Å². The van der Waals surface area contributed by atoms with Gasteiger partial charge < -0.3 is 5.11 Å². The van der Waals surface area contributed by atoms with E-state index in [0.29, 0.717) is 27.7 Å². The van der Waals surface area contributed by atoms with Gasteiger partial charge in [0.05, 0.1) is 11.2 Å². The second kappa shape index (κ2) is 4.35. The summed E-state index contributed by atoms with van der Waals surface area (Å²) in [7, 11) is 0. The molecular weight excluding hydrogens is 241 g/mol. The first-order valence-electron chi connectivity index (χ1n) is 6.01. The van der Waals surface area contributed by atoms with Crippen molar-refractivity contribution in [3.05, 3.63) is 59.9 Å². The third-order valence-electron chi connectivity index (χ3n) is 3.23. The zero-order chi connectivity index (χ0) is 13.4. The Morgan fingerprint density at radius 2 is 1.68 bits per heavy atom. The number of hydrogen-bond acceptors (Lipinski definition) is 2. The van der Waals surface area contributed by atoms with E-state index >= 15 is 0 Å². The third kappa shape index (κ3) is 1.83. The van der Waals surface area contributed by atoms with Gasteiger partial charge in [-0.1, -0.05) is 24.3 Å². The highest BCUT2D eigenvalue weighted by molar-refractivity contribution is 5.89. The molecule has 0 fully saturated rings. The largest absolute Gasteiger partial charge is 0.507 e. The molecule has 3 rings (SSSR count). The van der Waals surface area contributed by atoms with Crippen LogP contribution in [0.2, 0.25) is 0 Å². The molecular formula is C16H12FNO. The number of aromatic hydroxyl groups is 1. The normalized spacial score (nSPS) is 10.8. The zero-order valence-corrected chi connectivity index (χ0v) is 10.4. The molecule has 1 heterocycles. The first-order chi connectivity index (χ1) is 9.18. The third-order valence-corrected chi connectivity index (χ3v) is 3.23. The Hall–Kier alpha value is -2.42. The van der Waals surface area contributed by atoms with Gasteiger partial charge in [0.25, 0.3) is 0 Å². The minimum Gasteiger partial charge on any atom is -0.507 e. The Morgan fingerprint density at radius 3 is 2.47 bits per heavy atom. The van der Waals surface area contributed by atoms with Crippen LogP contribution in [0.4, 0.5) is 4.39 Å². The van der Waals surface area contributed by atoms with Crippen molar-refractivity contribution >= 4 is 10.9 Å². The molecule has 0 unspecified atom stereocenters. The lowest BCUT2D eigenvalue weighted by molar-refractivity contribution is 0.477. The van der Waals surface area contributed by atoms with E-state index < -0.39 is 0 Å². The van der Waals surface area contributed by atoms with E-state index in [2.05, 4.69) is 4.98 Å². The van der Waals surface area contributed by atoms with Crippen LogP contribution < -0.4 is 0 Å². The molecule has 0 amide bonds. The lowest BCUT2D eigenvalue weighted by Gasteiger charge is -2.11. The Labute approximate surface area is 110 Å². The SMILES string of the molecule is Cc1c(-c2ccccc2F)nc2ccccc2c1O. The van der Waals surface area contributed by atoms with Crippen molar-refractivity contribution in [3.8, 4) is 17.0 Å². The van der Waals surface area contributed by atoms with Crippen LogP contribution in [0.5, 0.6) is 5.75 Å². The molecule has 0 spiro atoms. The van der Waals surface area contributed by atoms with Crippen molar-refractivity contribution in [1.82, 2.24) is 4.98 Å². The molecule has 0 saturated carbocycles. The van der Waals surface area contributed by atoms with Gasteiger partial charge in [-0.2, -0.15) is 0 Å². The number of aromatic nitrogens is 1. The van der Waals surface area contributed by atoms with Crippen molar-refractivity contribution < 1.29 is 9.50 Å². The van der Waals surface area contributed by atoms with Gasteiger partial charge in [0.1, 0.15) is 11.6 Å². The van der Waals surface area contributed by atoms with Crippen LogP contribution in [0.3, 0.4) is 0 Å². The fourth-order valence-corrected chi connectivity index (χ4v) is 2.21. The summed E-state index contributed by atoms with van der Waals surface area (Å²) >= 11 is 0. The molecule has 94 valence electrons. The Morgan fingerprint density at radius 1 is 1.00 bits per heavy atom. The molecule has 0 atom stereocenters.